The summed E-state index contributed by atoms with van der Waals surface area (Å²) < 4.78 is 53.8. The molecule has 0 unspecified atom stereocenters. The lowest BCUT2D eigenvalue weighted by molar-refractivity contribution is 0.00991. The number of anilines is 1. The number of aliphatic hydroxyl groups excluding tert-OH is 1. The lowest BCUT2D eigenvalue weighted by Crippen LogP contribution is -2.50. The third kappa shape index (κ3) is 4.28. The normalized spacial score (nSPS) is 21.9. The predicted octanol–water partition coefficient (Wildman–Crippen LogP) is 2.60. The summed E-state index contributed by atoms with van der Waals surface area (Å²) in [6, 6.07) is 6.71. The van der Waals surface area contributed by atoms with E-state index in [0.29, 0.717) is 43.8 Å². The highest BCUT2D eigenvalue weighted by molar-refractivity contribution is 7.92. The molecular formula is C24H25FN2O6S. The van der Waals surface area contributed by atoms with Gasteiger partial charge in [-0.15, -0.1) is 0 Å². The Bertz CT molecular complexity index is 1270. The summed E-state index contributed by atoms with van der Waals surface area (Å²) in [4.78, 5) is 14.4. The molecule has 0 radical (unpaired) electrons. The minimum absolute atomic E-state index is 0.0319. The average Bonchev–Trinajstić information content (AvgIpc) is 3.57. The van der Waals surface area contributed by atoms with Gasteiger partial charge in [-0.2, -0.15) is 0 Å². The van der Waals surface area contributed by atoms with Gasteiger partial charge < -0.3 is 14.6 Å². The van der Waals surface area contributed by atoms with E-state index in [1.54, 1.807) is 18.2 Å². The van der Waals surface area contributed by atoms with Crippen molar-refractivity contribution in [3.8, 4) is 5.75 Å². The molecule has 8 nitrogen and oxygen atoms in total. The van der Waals surface area contributed by atoms with E-state index in [0.717, 1.165) is 24.1 Å². The number of halogens is 1. The van der Waals surface area contributed by atoms with Crippen molar-refractivity contribution in [1.82, 2.24) is 4.90 Å². The number of methoxy groups -OCH3 is 1. The number of nitrogens with zero attached hydrogens (tertiary/aromatic N) is 1. The molecule has 2 N–H and O–H groups in total. The van der Waals surface area contributed by atoms with Crippen molar-refractivity contribution in [2.45, 2.75) is 23.3 Å². The maximum Gasteiger partial charge on any atom is 0.343 e. The number of esters is 1. The Morgan fingerprint density at radius 1 is 1.32 bits per heavy atom. The van der Waals surface area contributed by atoms with Crippen LogP contribution in [0.5, 0.6) is 5.75 Å². The molecule has 0 aromatic heterocycles. The summed E-state index contributed by atoms with van der Waals surface area (Å²) in [6.45, 7) is 2.05. The van der Waals surface area contributed by atoms with Crippen LogP contribution in [0.4, 0.5) is 10.1 Å². The molecule has 2 fully saturated rings. The van der Waals surface area contributed by atoms with Gasteiger partial charge in [0.25, 0.3) is 10.0 Å². The standard InChI is InChI=1S/C24H25FN2O6S/c1-32-24(29)22-20(6-5-18-19-10-15(19)13-33-23(18)22)26-34(30,31)21-7-4-16(25)9-14(21)3-2-8-27-11-17(28)12-27/h2-7,9,15,17,19,26,28H,8,10-13H2,1H3/b3-2-/t15-,19-/m0/s1. The Labute approximate surface area is 197 Å². The lowest BCUT2D eigenvalue weighted by Gasteiger charge is -2.34. The van der Waals surface area contributed by atoms with Crippen LogP contribution < -0.4 is 9.46 Å². The van der Waals surface area contributed by atoms with Crippen LogP contribution in [0.25, 0.3) is 6.08 Å². The van der Waals surface area contributed by atoms with Gasteiger partial charge in [-0.05, 0) is 47.7 Å². The summed E-state index contributed by atoms with van der Waals surface area (Å²) in [5, 5.41) is 9.39. The van der Waals surface area contributed by atoms with Crippen molar-refractivity contribution in [2.75, 3.05) is 38.1 Å². The molecule has 2 aromatic rings. The second-order valence-electron chi connectivity index (χ2n) is 8.87. The Morgan fingerprint density at radius 3 is 2.85 bits per heavy atom. The van der Waals surface area contributed by atoms with Crippen LogP contribution in [-0.2, 0) is 14.8 Å². The quantitative estimate of drug-likeness (QED) is 0.577. The van der Waals surface area contributed by atoms with Crippen molar-refractivity contribution < 1.29 is 32.2 Å². The van der Waals surface area contributed by atoms with Crippen LogP contribution in [0.2, 0.25) is 0 Å². The molecule has 3 aliphatic rings. The van der Waals surface area contributed by atoms with Crippen molar-refractivity contribution >= 4 is 27.8 Å². The summed E-state index contributed by atoms with van der Waals surface area (Å²) in [7, 11) is -2.97. The number of carbonyl (C=O) groups is 1. The summed E-state index contributed by atoms with van der Waals surface area (Å²) >= 11 is 0. The maximum absolute atomic E-state index is 14.0. The van der Waals surface area contributed by atoms with E-state index in [1.807, 2.05) is 4.90 Å². The number of nitrogens with one attached hydrogen (secondary N) is 1. The zero-order chi connectivity index (χ0) is 24.0. The van der Waals surface area contributed by atoms with Crippen molar-refractivity contribution in [3.05, 3.63) is 58.9 Å². The monoisotopic (exact) mass is 488 g/mol. The second-order valence-corrected chi connectivity index (χ2v) is 10.5. The van der Waals surface area contributed by atoms with Gasteiger partial charge in [0.1, 0.15) is 17.1 Å². The highest BCUT2D eigenvalue weighted by Crippen LogP contribution is 2.55. The van der Waals surface area contributed by atoms with Crippen LogP contribution in [0.3, 0.4) is 0 Å². The molecule has 2 atom stereocenters. The fraction of sp³-hybridized carbons (Fsp3) is 0.375. The van der Waals surface area contributed by atoms with Gasteiger partial charge in [0.2, 0.25) is 0 Å². The van der Waals surface area contributed by atoms with Crippen molar-refractivity contribution in [3.63, 3.8) is 0 Å². The number of likely N-dealkylation sites (tertiary alicyclic amines) is 1. The molecular weight excluding hydrogens is 463 g/mol. The Kier molecular flexibility index (Phi) is 5.83. The molecule has 1 saturated carbocycles. The first kappa shape index (κ1) is 22.8. The fourth-order valence-corrected chi connectivity index (χ4v) is 5.81. The van der Waals surface area contributed by atoms with Gasteiger partial charge in [0.15, 0.2) is 0 Å². The number of aliphatic hydroxyl groups is 1. The predicted molar refractivity (Wildman–Crippen MR) is 123 cm³/mol. The van der Waals surface area contributed by atoms with Crippen molar-refractivity contribution in [2.24, 2.45) is 5.92 Å². The molecule has 0 spiro atoms. The van der Waals surface area contributed by atoms with Crippen LogP contribution in [0, 0.1) is 11.7 Å². The molecule has 2 heterocycles. The number of carbonyl (C=O) groups excluding carboxylic acids is 1. The fourth-order valence-electron chi connectivity index (χ4n) is 4.55. The van der Waals surface area contributed by atoms with Gasteiger partial charge in [0, 0.05) is 25.6 Å². The van der Waals surface area contributed by atoms with Gasteiger partial charge in [0.05, 0.1) is 30.4 Å². The number of hydrogen-bond donors (Lipinski definition) is 2. The van der Waals surface area contributed by atoms with Gasteiger partial charge >= 0.3 is 5.97 Å². The molecule has 5 rings (SSSR count). The van der Waals surface area contributed by atoms with Crippen molar-refractivity contribution in [1.29, 1.82) is 0 Å². The van der Waals surface area contributed by atoms with Crippen LogP contribution >= 0.6 is 0 Å². The maximum atomic E-state index is 14.0. The Hall–Kier alpha value is -2.95. The SMILES string of the molecule is COC(=O)c1c(NS(=O)(=O)c2ccc(F)cc2/C=C\CN2CC(O)C2)ccc2c1OC[C@@H]1C[C@H]21. The minimum Gasteiger partial charge on any atom is -0.492 e. The smallest absolute Gasteiger partial charge is 0.343 e. The molecule has 2 aromatic carbocycles. The Morgan fingerprint density at radius 2 is 2.12 bits per heavy atom. The van der Waals surface area contributed by atoms with Crippen LogP contribution in [0.1, 0.15) is 33.8 Å². The average molecular weight is 489 g/mol. The van der Waals surface area contributed by atoms with E-state index < -0.39 is 21.8 Å². The highest BCUT2D eigenvalue weighted by atomic mass is 32.2. The molecule has 34 heavy (non-hydrogen) atoms. The molecule has 180 valence electrons. The molecule has 10 heteroatoms. The largest absolute Gasteiger partial charge is 0.492 e. The van der Waals surface area contributed by atoms with Crippen LogP contribution in [-0.4, -0.2) is 63.8 Å². The number of ether oxygens (including phenoxy) is 2. The molecule has 1 aliphatic carbocycles. The molecule has 1 saturated heterocycles. The van der Waals surface area contributed by atoms with Gasteiger partial charge in [-0.1, -0.05) is 18.2 Å². The zero-order valence-electron chi connectivity index (χ0n) is 18.5. The number of benzene rings is 2. The van der Waals surface area contributed by atoms with E-state index in [4.69, 9.17) is 9.47 Å². The topological polar surface area (TPSA) is 105 Å². The Balaban J connectivity index is 1.46. The first-order valence-corrected chi connectivity index (χ1v) is 12.5. The molecule has 2 aliphatic heterocycles. The summed E-state index contributed by atoms with van der Waals surface area (Å²) in [5.74, 6) is -0.200. The summed E-state index contributed by atoms with van der Waals surface area (Å²) in [6.07, 6.45) is 3.88. The van der Waals surface area contributed by atoms with E-state index in [2.05, 4.69) is 4.72 Å². The first-order valence-electron chi connectivity index (χ1n) is 11.0. The number of hydrogen-bond acceptors (Lipinski definition) is 7. The molecule has 0 amide bonds. The summed E-state index contributed by atoms with van der Waals surface area (Å²) in [5.41, 5.74) is 1.12. The third-order valence-electron chi connectivity index (χ3n) is 6.45. The lowest BCUT2D eigenvalue weighted by atomic mass is 10.0. The van der Waals surface area contributed by atoms with Gasteiger partial charge in [-0.3, -0.25) is 9.62 Å². The van der Waals surface area contributed by atoms with E-state index in [1.165, 1.54) is 19.3 Å². The van der Waals surface area contributed by atoms with E-state index >= 15 is 0 Å². The van der Waals surface area contributed by atoms with Crippen LogP contribution in [0.15, 0.2) is 41.3 Å². The third-order valence-corrected chi connectivity index (χ3v) is 7.89. The van der Waals surface area contributed by atoms with Gasteiger partial charge in [-0.25, -0.2) is 17.6 Å². The first-order chi connectivity index (χ1) is 16.3. The number of fused-ring (bicyclic) bond motifs is 3. The molecule has 0 bridgehead atoms. The second kappa shape index (κ2) is 8.68. The van der Waals surface area contributed by atoms with E-state index in [9.17, 15) is 22.7 Å². The highest BCUT2D eigenvalue weighted by Gasteiger charge is 2.45. The number of rotatable bonds is 7. The number of sulfonamides is 1. The zero-order valence-corrected chi connectivity index (χ0v) is 19.3. The minimum atomic E-state index is -4.19. The van der Waals surface area contributed by atoms with E-state index in [-0.39, 0.29) is 27.8 Å². The number of β-amino-alcohol motifs (C(OH)–C–C–N with tert-alkyl or cyclic N) is 1.